The summed E-state index contributed by atoms with van der Waals surface area (Å²) in [6.07, 6.45) is 1.01. The summed E-state index contributed by atoms with van der Waals surface area (Å²) < 4.78 is 2.13. The van der Waals surface area contributed by atoms with Gasteiger partial charge >= 0.3 is 5.97 Å². The number of carboxylic acids is 1. The Morgan fingerprint density at radius 3 is 2.86 bits per heavy atom. The highest BCUT2D eigenvalue weighted by Crippen LogP contribution is 2.25. The first kappa shape index (κ1) is 15.9. The zero-order valence-corrected chi connectivity index (χ0v) is 13.5. The largest absolute Gasteiger partial charge is 0.481 e. The quantitative estimate of drug-likeness (QED) is 0.796. The summed E-state index contributed by atoms with van der Waals surface area (Å²) in [5, 5.41) is 9.66. The van der Waals surface area contributed by atoms with Crippen LogP contribution in [0.4, 0.5) is 0 Å². The summed E-state index contributed by atoms with van der Waals surface area (Å²) in [5.41, 5.74) is 3.18. The first-order valence-electron chi connectivity index (χ1n) is 6.93. The Hall–Kier alpha value is -1.53. The fourth-order valence-corrected chi connectivity index (χ4v) is 2.98. The highest BCUT2D eigenvalue weighted by molar-refractivity contribution is 7.99. The van der Waals surface area contributed by atoms with E-state index in [9.17, 15) is 4.79 Å². The van der Waals surface area contributed by atoms with E-state index in [0.717, 1.165) is 41.3 Å². The van der Waals surface area contributed by atoms with E-state index in [2.05, 4.69) is 40.7 Å². The minimum absolute atomic E-state index is 0.0377. The van der Waals surface area contributed by atoms with Gasteiger partial charge in [-0.25, -0.2) is 4.98 Å². The zero-order valence-electron chi connectivity index (χ0n) is 12.7. The average molecular weight is 307 g/mol. The molecule has 0 radical (unpaired) electrons. The summed E-state index contributed by atoms with van der Waals surface area (Å²) >= 11 is 1.28. The molecule has 2 rings (SSSR count). The molecule has 114 valence electrons. The van der Waals surface area contributed by atoms with Gasteiger partial charge in [0.05, 0.1) is 16.8 Å². The molecule has 6 heteroatoms. The van der Waals surface area contributed by atoms with Gasteiger partial charge < -0.3 is 14.6 Å². The van der Waals surface area contributed by atoms with Crippen LogP contribution in [0.15, 0.2) is 23.4 Å². The van der Waals surface area contributed by atoms with Crippen molar-refractivity contribution in [2.45, 2.75) is 25.0 Å². The Kier molecular flexibility index (Phi) is 5.25. The second kappa shape index (κ2) is 6.95. The highest BCUT2D eigenvalue weighted by atomic mass is 32.2. The molecule has 21 heavy (non-hydrogen) atoms. The van der Waals surface area contributed by atoms with Crippen molar-refractivity contribution in [3.63, 3.8) is 0 Å². The molecule has 1 N–H and O–H groups in total. The number of imidazole rings is 1. The molecule has 5 nitrogen and oxygen atoms in total. The molecule has 0 unspecified atom stereocenters. The molecule has 2 aromatic rings. The number of benzene rings is 1. The number of carbonyl (C=O) groups is 1. The number of rotatable bonds is 7. The molecule has 0 fully saturated rings. The summed E-state index contributed by atoms with van der Waals surface area (Å²) in [7, 11) is 4.10. The number of nitrogens with zero attached hydrogens (tertiary/aromatic N) is 3. The van der Waals surface area contributed by atoms with E-state index in [4.69, 9.17) is 5.11 Å². The Morgan fingerprint density at radius 1 is 1.43 bits per heavy atom. The van der Waals surface area contributed by atoms with E-state index < -0.39 is 5.97 Å². The van der Waals surface area contributed by atoms with E-state index in [-0.39, 0.29) is 5.75 Å². The van der Waals surface area contributed by atoms with E-state index in [1.807, 2.05) is 13.0 Å². The number of carboxylic acid groups (broad SMARTS) is 1. The predicted octanol–water partition coefficient (Wildman–Crippen LogP) is 2.47. The van der Waals surface area contributed by atoms with E-state index in [0.29, 0.717) is 0 Å². The zero-order chi connectivity index (χ0) is 15.4. The molecule has 0 saturated heterocycles. The molecule has 1 aromatic heterocycles. The SMILES string of the molecule is Cc1ccc2c(c1)nc(SCC(=O)O)n2CCCN(C)C. The number of thioether (sulfide) groups is 1. The third-order valence-electron chi connectivity index (χ3n) is 3.18. The molecule has 0 aliphatic heterocycles. The van der Waals surface area contributed by atoms with Gasteiger partial charge in [0.2, 0.25) is 0 Å². The minimum Gasteiger partial charge on any atom is -0.481 e. The van der Waals surface area contributed by atoms with Gasteiger partial charge in [-0.1, -0.05) is 17.8 Å². The van der Waals surface area contributed by atoms with Crippen LogP contribution in [0.5, 0.6) is 0 Å². The van der Waals surface area contributed by atoms with Crippen molar-refractivity contribution in [3.8, 4) is 0 Å². The van der Waals surface area contributed by atoms with E-state index in [1.165, 1.54) is 11.8 Å². The Bertz CT molecular complexity index is 637. The number of fused-ring (bicyclic) bond motifs is 1. The second-order valence-electron chi connectivity index (χ2n) is 5.38. The lowest BCUT2D eigenvalue weighted by atomic mass is 10.2. The van der Waals surface area contributed by atoms with E-state index in [1.54, 1.807) is 0 Å². The maximum atomic E-state index is 10.8. The third-order valence-corrected chi connectivity index (χ3v) is 4.14. The van der Waals surface area contributed by atoms with Crippen molar-refractivity contribution in [1.29, 1.82) is 0 Å². The second-order valence-corrected chi connectivity index (χ2v) is 6.32. The molecule has 0 atom stereocenters. The van der Waals surface area contributed by atoms with Gasteiger partial charge in [0, 0.05) is 6.54 Å². The Morgan fingerprint density at radius 2 is 2.19 bits per heavy atom. The van der Waals surface area contributed by atoms with Gasteiger partial charge in [0.1, 0.15) is 0 Å². The van der Waals surface area contributed by atoms with Crippen LogP contribution < -0.4 is 0 Å². The molecule has 0 aliphatic carbocycles. The van der Waals surface area contributed by atoms with Crippen molar-refractivity contribution in [2.75, 3.05) is 26.4 Å². The lowest BCUT2D eigenvalue weighted by Gasteiger charge is -2.12. The van der Waals surface area contributed by atoms with Crippen molar-refractivity contribution in [3.05, 3.63) is 23.8 Å². The number of hydrogen-bond donors (Lipinski definition) is 1. The van der Waals surface area contributed by atoms with Crippen LogP contribution in [-0.2, 0) is 11.3 Å². The van der Waals surface area contributed by atoms with Gasteiger partial charge in [-0.05, 0) is 51.7 Å². The van der Waals surface area contributed by atoms with Gasteiger partial charge in [-0.15, -0.1) is 0 Å². The molecular formula is C15H21N3O2S. The van der Waals surface area contributed by atoms with Crippen LogP contribution in [0.25, 0.3) is 11.0 Å². The van der Waals surface area contributed by atoms with Crippen molar-refractivity contribution in [1.82, 2.24) is 14.5 Å². The van der Waals surface area contributed by atoms with E-state index >= 15 is 0 Å². The summed E-state index contributed by atoms with van der Waals surface area (Å²) in [6.45, 7) is 3.88. The standard InChI is InChI=1S/C15H21N3O2S/c1-11-5-6-13-12(9-11)16-15(21-10-14(19)20)18(13)8-4-7-17(2)3/h5-6,9H,4,7-8,10H2,1-3H3,(H,19,20). The predicted molar refractivity (Wildman–Crippen MR) is 86.0 cm³/mol. The Labute approximate surface area is 129 Å². The van der Waals surface area contributed by atoms with Crippen LogP contribution in [-0.4, -0.2) is 51.9 Å². The molecule has 0 aliphatic rings. The summed E-state index contributed by atoms with van der Waals surface area (Å²) in [6, 6.07) is 6.18. The molecule has 0 bridgehead atoms. The highest BCUT2D eigenvalue weighted by Gasteiger charge is 2.12. The number of aryl methyl sites for hydroxylation is 2. The summed E-state index contributed by atoms with van der Waals surface area (Å²) in [4.78, 5) is 17.5. The monoisotopic (exact) mass is 307 g/mol. The first-order valence-corrected chi connectivity index (χ1v) is 7.92. The normalized spacial score (nSPS) is 11.4. The maximum absolute atomic E-state index is 10.8. The van der Waals surface area contributed by atoms with Crippen molar-refractivity contribution in [2.24, 2.45) is 0 Å². The maximum Gasteiger partial charge on any atom is 0.313 e. The smallest absolute Gasteiger partial charge is 0.313 e. The number of hydrogen-bond acceptors (Lipinski definition) is 4. The Balaban J connectivity index is 2.27. The van der Waals surface area contributed by atoms with Crippen molar-refractivity contribution >= 4 is 28.8 Å². The molecule has 0 saturated carbocycles. The fourth-order valence-electron chi connectivity index (χ4n) is 2.22. The first-order chi connectivity index (χ1) is 9.97. The van der Waals surface area contributed by atoms with Crippen LogP contribution >= 0.6 is 11.8 Å². The molecular weight excluding hydrogens is 286 g/mol. The molecule has 1 aromatic carbocycles. The lowest BCUT2D eigenvalue weighted by Crippen LogP contribution is -2.15. The molecule has 0 spiro atoms. The molecule has 1 heterocycles. The lowest BCUT2D eigenvalue weighted by molar-refractivity contribution is -0.133. The third kappa shape index (κ3) is 4.22. The van der Waals surface area contributed by atoms with Crippen LogP contribution in [0.2, 0.25) is 0 Å². The van der Waals surface area contributed by atoms with Crippen LogP contribution in [0.3, 0.4) is 0 Å². The van der Waals surface area contributed by atoms with Gasteiger partial charge in [-0.3, -0.25) is 4.79 Å². The average Bonchev–Trinajstić information content (AvgIpc) is 2.73. The van der Waals surface area contributed by atoms with Crippen LogP contribution in [0, 0.1) is 6.92 Å². The topological polar surface area (TPSA) is 58.4 Å². The van der Waals surface area contributed by atoms with Crippen LogP contribution in [0.1, 0.15) is 12.0 Å². The summed E-state index contributed by atoms with van der Waals surface area (Å²) in [5.74, 6) is -0.779. The minimum atomic E-state index is -0.817. The van der Waals surface area contributed by atoms with Gasteiger partial charge in [0.25, 0.3) is 0 Å². The number of aliphatic carboxylic acids is 1. The van der Waals surface area contributed by atoms with Gasteiger partial charge in [-0.2, -0.15) is 0 Å². The molecule has 0 amide bonds. The fraction of sp³-hybridized carbons (Fsp3) is 0.467. The number of aromatic nitrogens is 2. The van der Waals surface area contributed by atoms with Crippen molar-refractivity contribution < 1.29 is 9.90 Å². The van der Waals surface area contributed by atoms with Gasteiger partial charge in [0.15, 0.2) is 5.16 Å².